The predicted octanol–water partition coefficient (Wildman–Crippen LogP) is 7.30. The zero-order valence-electron chi connectivity index (χ0n) is 18.6. The standard InChI is InChI=1S/C25H22Cl5N3O2/c1-3-15(26)13-16(27)9-11-20-22(25(20,29)30)24(35)31-17-10-12-21(28)19(14-17)23(34)32-33(2)18-7-5-4-6-8-18/h3-10,12-14,20,22H,1,11H2,2H3,(H,31,35)(H,32,34)/b15-13+,16-9+/t20-,22+/m0/s1. The number of hydrazine groups is 1. The number of alkyl halides is 2. The molecule has 2 N–H and O–H groups in total. The Balaban J connectivity index is 1.66. The zero-order valence-corrected chi connectivity index (χ0v) is 22.4. The summed E-state index contributed by atoms with van der Waals surface area (Å²) in [5.74, 6) is -1.82. The molecule has 0 radical (unpaired) electrons. The number of halogens is 5. The number of carbonyl (C=O) groups excluding carboxylic acids is 2. The fraction of sp³-hybridized carbons (Fsp3) is 0.200. The zero-order chi connectivity index (χ0) is 25.8. The first-order chi connectivity index (χ1) is 16.5. The van der Waals surface area contributed by atoms with Crippen LogP contribution in [-0.4, -0.2) is 23.2 Å². The lowest BCUT2D eigenvalue weighted by Gasteiger charge is -2.20. The molecule has 0 bridgehead atoms. The molecule has 35 heavy (non-hydrogen) atoms. The monoisotopic (exact) mass is 571 g/mol. The highest BCUT2D eigenvalue weighted by atomic mass is 35.5. The third-order valence-corrected chi connectivity index (χ3v) is 7.30. The Labute approximate surface area is 229 Å². The molecule has 5 nitrogen and oxygen atoms in total. The first-order valence-electron chi connectivity index (χ1n) is 10.5. The summed E-state index contributed by atoms with van der Waals surface area (Å²) < 4.78 is -1.24. The molecule has 0 spiro atoms. The van der Waals surface area contributed by atoms with E-state index in [2.05, 4.69) is 17.3 Å². The van der Waals surface area contributed by atoms with Crippen molar-refractivity contribution in [3.05, 3.63) is 94.0 Å². The minimum atomic E-state index is -1.24. The second-order valence-corrected chi connectivity index (χ2v) is 10.6. The van der Waals surface area contributed by atoms with Gasteiger partial charge in [-0.3, -0.25) is 20.0 Å². The normalized spacial score (nSPS) is 19.0. The van der Waals surface area contributed by atoms with Crippen LogP contribution in [0, 0.1) is 11.8 Å². The van der Waals surface area contributed by atoms with Crippen LogP contribution in [0.4, 0.5) is 11.4 Å². The van der Waals surface area contributed by atoms with Gasteiger partial charge in [-0.15, -0.1) is 23.2 Å². The van der Waals surface area contributed by atoms with Gasteiger partial charge < -0.3 is 5.32 Å². The molecule has 1 aliphatic rings. The highest BCUT2D eigenvalue weighted by molar-refractivity contribution is 6.53. The number of nitrogens with one attached hydrogen (secondary N) is 2. The quantitative estimate of drug-likeness (QED) is 0.188. The summed E-state index contributed by atoms with van der Waals surface area (Å²) in [6.07, 6.45) is 5.06. The van der Waals surface area contributed by atoms with Crippen molar-refractivity contribution in [2.75, 3.05) is 17.4 Å². The number of para-hydroxylation sites is 1. The van der Waals surface area contributed by atoms with Crippen LogP contribution in [0.2, 0.25) is 5.02 Å². The highest BCUT2D eigenvalue weighted by Crippen LogP contribution is 2.61. The van der Waals surface area contributed by atoms with E-state index in [1.165, 1.54) is 24.3 Å². The Morgan fingerprint density at radius 3 is 2.46 bits per heavy atom. The Morgan fingerprint density at radius 1 is 1.11 bits per heavy atom. The number of hydrogen-bond donors (Lipinski definition) is 2. The van der Waals surface area contributed by atoms with Gasteiger partial charge in [0.1, 0.15) is 4.33 Å². The number of rotatable bonds is 9. The van der Waals surface area contributed by atoms with E-state index in [0.717, 1.165) is 5.69 Å². The Morgan fingerprint density at radius 2 is 1.80 bits per heavy atom. The molecule has 0 heterocycles. The number of benzene rings is 2. The molecule has 2 atom stereocenters. The molecule has 0 aromatic heterocycles. The van der Waals surface area contributed by atoms with Crippen LogP contribution in [0.3, 0.4) is 0 Å². The number of amides is 2. The molecule has 1 saturated carbocycles. The summed E-state index contributed by atoms with van der Waals surface area (Å²) in [5.41, 5.74) is 4.12. The minimum absolute atomic E-state index is 0.197. The van der Waals surface area contributed by atoms with E-state index in [-0.39, 0.29) is 22.4 Å². The van der Waals surface area contributed by atoms with E-state index in [1.54, 1.807) is 24.2 Å². The van der Waals surface area contributed by atoms with Gasteiger partial charge in [0.2, 0.25) is 5.91 Å². The first kappa shape index (κ1) is 27.4. The lowest BCUT2D eigenvalue weighted by molar-refractivity contribution is -0.117. The molecule has 3 rings (SSSR count). The molecule has 2 amide bonds. The van der Waals surface area contributed by atoms with E-state index >= 15 is 0 Å². The third kappa shape index (κ3) is 6.96. The van der Waals surface area contributed by atoms with Crippen molar-refractivity contribution in [3.8, 4) is 0 Å². The van der Waals surface area contributed by atoms with Gasteiger partial charge >= 0.3 is 0 Å². The molecule has 2 aromatic carbocycles. The van der Waals surface area contributed by atoms with Gasteiger partial charge in [0.05, 0.1) is 22.2 Å². The highest BCUT2D eigenvalue weighted by Gasteiger charge is 2.66. The smallest absolute Gasteiger partial charge is 0.271 e. The lowest BCUT2D eigenvalue weighted by atomic mass is 10.1. The van der Waals surface area contributed by atoms with Crippen molar-refractivity contribution < 1.29 is 9.59 Å². The molecule has 10 heteroatoms. The molecular formula is C25H22Cl5N3O2. The third-order valence-electron chi connectivity index (χ3n) is 5.41. The van der Waals surface area contributed by atoms with E-state index in [1.807, 2.05) is 30.3 Å². The van der Waals surface area contributed by atoms with Crippen molar-refractivity contribution in [1.82, 2.24) is 5.43 Å². The van der Waals surface area contributed by atoms with Gasteiger partial charge in [-0.25, -0.2) is 0 Å². The van der Waals surface area contributed by atoms with Gasteiger partial charge in [0.25, 0.3) is 5.91 Å². The van der Waals surface area contributed by atoms with Gasteiger partial charge in [-0.05, 0) is 42.8 Å². The molecule has 0 aliphatic heterocycles. The fourth-order valence-corrected chi connectivity index (χ4v) is 4.85. The van der Waals surface area contributed by atoms with Crippen molar-refractivity contribution in [3.63, 3.8) is 0 Å². The Bertz CT molecular complexity index is 1180. The van der Waals surface area contributed by atoms with E-state index in [0.29, 0.717) is 22.2 Å². The fourth-order valence-electron chi connectivity index (χ4n) is 3.46. The van der Waals surface area contributed by atoms with Crippen LogP contribution in [0.1, 0.15) is 16.8 Å². The van der Waals surface area contributed by atoms with Crippen LogP contribution in [0.25, 0.3) is 0 Å². The molecular weight excluding hydrogens is 552 g/mol. The van der Waals surface area contributed by atoms with Crippen LogP contribution >= 0.6 is 58.0 Å². The topological polar surface area (TPSA) is 61.4 Å². The number of anilines is 2. The summed E-state index contributed by atoms with van der Waals surface area (Å²) in [5, 5.41) is 5.35. The predicted molar refractivity (Wildman–Crippen MR) is 146 cm³/mol. The van der Waals surface area contributed by atoms with Crippen molar-refractivity contribution >= 4 is 81.2 Å². The summed E-state index contributed by atoms with van der Waals surface area (Å²) >= 11 is 31.0. The Kier molecular flexibility index (Phi) is 9.19. The van der Waals surface area contributed by atoms with Gasteiger partial charge in [-0.1, -0.05) is 71.7 Å². The molecule has 0 saturated heterocycles. The number of hydrogen-bond acceptors (Lipinski definition) is 3. The van der Waals surface area contributed by atoms with Crippen LogP contribution in [-0.2, 0) is 4.79 Å². The number of nitrogens with zero attached hydrogens (tertiary/aromatic N) is 1. The summed E-state index contributed by atoms with van der Waals surface area (Å²) in [4.78, 5) is 25.7. The van der Waals surface area contributed by atoms with Gasteiger partial charge in [0.15, 0.2) is 0 Å². The van der Waals surface area contributed by atoms with Crippen molar-refractivity contribution in [2.45, 2.75) is 10.8 Å². The summed E-state index contributed by atoms with van der Waals surface area (Å²) in [6.45, 7) is 3.55. The second kappa shape index (κ2) is 11.7. The van der Waals surface area contributed by atoms with Crippen molar-refractivity contribution in [1.29, 1.82) is 0 Å². The van der Waals surface area contributed by atoms with E-state index in [9.17, 15) is 9.59 Å². The maximum absolute atomic E-state index is 12.9. The van der Waals surface area contributed by atoms with Crippen LogP contribution < -0.4 is 15.8 Å². The average molecular weight is 574 g/mol. The van der Waals surface area contributed by atoms with Gasteiger partial charge in [0, 0.05) is 28.7 Å². The van der Waals surface area contributed by atoms with Crippen molar-refractivity contribution in [2.24, 2.45) is 11.8 Å². The van der Waals surface area contributed by atoms with E-state index < -0.39 is 16.2 Å². The molecule has 2 aromatic rings. The first-order valence-corrected chi connectivity index (χ1v) is 12.4. The summed E-state index contributed by atoms with van der Waals surface area (Å²) in [6, 6.07) is 13.9. The van der Waals surface area contributed by atoms with Crippen LogP contribution in [0.15, 0.2) is 83.4 Å². The Hall–Kier alpha value is -2.15. The lowest BCUT2D eigenvalue weighted by Crippen LogP contribution is -2.39. The minimum Gasteiger partial charge on any atom is -0.326 e. The molecule has 1 aliphatic carbocycles. The van der Waals surface area contributed by atoms with E-state index in [4.69, 9.17) is 58.0 Å². The SMILES string of the molecule is C=C/C(Cl)=C\C(Cl)=C/C[C@H]1[C@H](C(=O)Nc2ccc(Cl)c(C(=O)NN(C)c3ccccc3)c2)C1(Cl)Cl. The largest absolute Gasteiger partial charge is 0.326 e. The number of carbonyl (C=O) groups is 2. The molecule has 184 valence electrons. The second-order valence-electron chi connectivity index (χ2n) is 7.84. The van der Waals surface area contributed by atoms with Crippen LogP contribution in [0.5, 0.6) is 0 Å². The molecule has 1 fully saturated rings. The maximum atomic E-state index is 12.9. The summed E-state index contributed by atoms with van der Waals surface area (Å²) in [7, 11) is 1.71. The average Bonchev–Trinajstić information content (AvgIpc) is 3.39. The van der Waals surface area contributed by atoms with Gasteiger partial charge in [-0.2, -0.15) is 0 Å². The molecule has 0 unspecified atom stereocenters. The number of allylic oxidation sites excluding steroid dienone is 5. The maximum Gasteiger partial charge on any atom is 0.271 e.